The highest BCUT2D eigenvalue weighted by Gasteiger charge is 2.60. The normalized spacial score (nSPS) is 27.0. The molecule has 3 atom stereocenters. The van der Waals surface area contributed by atoms with Crippen molar-refractivity contribution in [2.24, 2.45) is 0 Å². The third-order valence-electron chi connectivity index (χ3n) is 5.79. The van der Waals surface area contributed by atoms with Gasteiger partial charge in [-0.1, -0.05) is 44.2 Å². The fourth-order valence-corrected chi connectivity index (χ4v) is 4.11. The second-order valence-corrected chi connectivity index (χ2v) is 7.06. The lowest BCUT2D eigenvalue weighted by molar-refractivity contribution is -0.313. The summed E-state index contributed by atoms with van der Waals surface area (Å²) in [7, 11) is 2.75. The zero-order chi connectivity index (χ0) is 20.1. The van der Waals surface area contributed by atoms with Gasteiger partial charge in [0.05, 0.1) is 14.2 Å². The van der Waals surface area contributed by atoms with E-state index in [9.17, 15) is 9.59 Å². The highest BCUT2D eigenvalue weighted by Crippen LogP contribution is 2.45. The smallest absolute Gasteiger partial charge is 0.328 e. The van der Waals surface area contributed by atoms with Crippen LogP contribution in [0.2, 0.25) is 0 Å². The average Bonchev–Trinajstić information content (AvgIpc) is 2.73. The molecule has 0 bridgehead atoms. The van der Waals surface area contributed by atoms with Crippen LogP contribution in [0, 0.1) is 0 Å². The van der Waals surface area contributed by atoms with Crippen molar-refractivity contribution in [2.75, 3.05) is 14.2 Å². The molecule has 150 valence electrons. The van der Waals surface area contributed by atoms with Crippen molar-refractivity contribution < 1.29 is 23.9 Å². The molecule has 0 aliphatic carbocycles. The van der Waals surface area contributed by atoms with E-state index in [2.05, 4.69) is 0 Å². The Bertz CT molecular complexity index is 617. The predicted octanol–water partition coefficient (Wildman–Crippen LogP) is 3.81. The molecule has 0 N–H and O–H groups in total. The summed E-state index contributed by atoms with van der Waals surface area (Å²) in [5.41, 5.74) is -1.09. The van der Waals surface area contributed by atoms with E-state index in [-0.39, 0.29) is 18.0 Å². The van der Waals surface area contributed by atoms with Crippen molar-refractivity contribution in [3.63, 3.8) is 0 Å². The fraction of sp³-hybridized carbons (Fsp3) is 0.619. The summed E-state index contributed by atoms with van der Waals surface area (Å²) in [6, 6.07) is 9.74. The molecule has 2 rings (SSSR count). The van der Waals surface area contributed by atoms with Crippen LogP contribution in [0.5, 0.6) is 0 Å². The van der Waals surface area contributed by atoms with Gasteiger partial charge in [-0.05, 0) is 44.6 Å². The lowest BCUT2D eigenvalue weighted by Gasteiger charge is -2.53. The number of hydrogen-bond acceptors (Lipinski definition) is 6. The summed E-state index contributed by atoms with van der Waals surface area (Å²) >= 11 is 0. The minimum atomic E-state index is -1.03. The van der Waals surface area contributed by atoms with E-state index in [0.29, 0.717) is 32.1 Å². The molecule has 0 amide bonds. The molecule has 0 radical (unpaired) electrons. The van der Waals surface area contributed by atoms with Crippen LogP contribution in [0.3, 0.4) is 0 Å². The average molecular weight is 377 g/mol. The second kappa shape index (κ2) is 8.85. The third-order valence-corrected chi connectivity index (χ3v) is 5.79. The highest BCUT2D eigenvalue weighted by atomic mass is 16.7. The van der Waals surface area contributed by atoms with Crippen molar-refractivity contribution >= 4 is 11.9 Å². The SMILES string of the molecule is CC[C@]1(C(=O)OC)CCC[C@](CC)(C(=O)OC)N1OC(C)c1ccccc1. The molecule has 0 aromatic heterocycles. The van der Waals surface area contributed by atoms with Crippen LogP contribution < -0.4 is 0 Å². The van der Waals surface area contributed by atoms with E-state index < -0.39 is 11.1 Å². The standard InChI is InChI=1S/C21H31NO5/c1-6-20(18(23)25-4)14-11-15-21(7-2,19(24)26-5)22(20)27-16(3)17-12-9-8-10-13-17/h8-10,12-13,16H,6-7,11,14-15H2,1-5H3/t16?,20-,21-/m1/s1. The van der Waals surface area contributed by atoms with Gasteiger partial charge < -0.3 is 9.47 Å². The zero-order valence-corrected chi connectivity index (χ0v) is 17.0. The maximum Gasteiger partial charge on any atom is 0.328 e. The lowest BCUT2D eigenvalue weighted by Crippen LogP contribution is -2.69. The molecule has 1 unspecified atom stereocenters. The summed E-state index contributed by atoms with van der Waals surface area (Å²) < 4.78 is 10.3. The molecule has 6 heteroatoms. The van der Waals surface area contributed by atoms with Crippen molar-refractivity contribution in [1.29, 1.82) is 0 Å². The molecule has 1 heterocycles. The molecule has 1 aliphatic rings. The van der Waals surface area contributed by atoms with Gasteiger partial charge in [0.25, 0.3) is 0 Å². The Labute approximate surface area is 161 Å². The summed E-state index contributed by atoms with van der Waals surface area (Å²) in [4.78, 5) is 32.1. The molecule has 1 fully saturated rings. The number of rotatable bonds is 7. The van der Waals surface area contributed by atoms with E-state index in [0.717, 1.165) is 5.56 Å². The number of ether oxygens (including phenoxy) is 2. The van der Waals surface area contributed by atoms with Gasteiger partial charge in [-0.3, -0.25) is 4.84 Å². The van der Waals surface area contributed by atoms with E-state index in [1.165, 1.54) is 14.2 Å². The molecule has 1 aromatic rings. The van der Waals surface area contributed by atoms with Crippen molar-refractivity contribution in [1.82, 2.24) is 5.06 Å². The van der Waals surface area contributed by atoms with E-state index in [1.807, 2.05) is 51.1 Å². The van der Waals surface area contributed by atoms with Gasteiger partial charge in [0.1, 0.15) is 17.2 Å². The predicted molar refractivity (Wildman–Crippen MR) is 102 cm³/mol. The molecule has 0 saturated carbocycles. The Hall–Kier alpha value is -1.92. The molecule has 6 nitrogen and oxygen atoms in total. The van der Waals surface area contributed by atoms with Crippen LogP contribution in [-0.4, -0.2) is 42.3 Å². The quantitative estimate of drug-likeness (QED) is 0.673. The number of esters is 2. The van der Waals surface area contributed by atoms with Crippen molar-refractivity contribution in [2.45, 2.75) is 70.1 Å². The summed E-state index contributed by atoms with van der Waals surface area (Å²) in [5, 5.41) is 1.61. The first-order valence-corrected chi connectivity index (χ1v) is 9.60. The van der Waals surface area contributed by atoms with Crippen LogP contribution in [0.25, 0.3) is 0 Å². The maximum absolute atomic E-state index is 12.9. The number of carbonyl (C=O) groups excluding carboxylic acids is 2. The largest absolute Gasteiger partial charge is 0.468 e. The minimum Gasteiger partial charge on any atom is -0.468 e. The molecule has 1 aliphatic heterocycles. The molecular formula is C21H31NO5. The van der Waals surface area contributed by atoms with Crippen LogP contribution in [0.15, 0.2) is 30.3 Å². The zero-order valence-electron chi connectivity index (χ0n) is 17.0. The molecule has 1 aromatic carbocycles. The van der Waals surface area contributed by atoms with Crippen LogP contribution in [0.1, 0.15) is 64.5 Å². The van der Waals surface area contributed by atoms with E-state index >= 15 is 0 Å². The number of benzene rings is 1. The number of hydroxylamine groups is 2. The first-order valence-electron chi connectivity index (χ1n) is 9.60. The lowest BCUT2D eigenvalue weighted by atomic mass is 9.75. The van der Waals surface area contributed by atoms with Crippen LogP contribution in [-0.2, 0) is 23.9 Å². The third kappa shape index (κ3) is 3.73. The number of hydrogen-bond donors (Lipinski definition) is 0. The fourth-order valence-electron chi connectivity index (χ4n) is 4.11. The van der Waals surface area contributed by atoms with Gasteiger partial charge >= 0.3 is 11.9 Å². The topological polar surface area (TPSA) is 65.1 Å². The molecular weight excluding hydrogens is 346 g/mol. The van der Waals surface area contributed by atoms with Gasteiger partial charge in [0.15, 0.2) is 0 Å². The minimum absolute atomic E-state index is 0.338. The highest BCUT2D eigenvalue weighted by molar-refractivity contribution is 5.85. The number of carbonyl (C=O) groups is 2. The van der Waals surface area contributed by atoms with Crippen molar-refractivity contribution in [3.8, 4) is 0 Å². The van der Waals surface area contributed by atoms with E-state index in [1.54, 1.807) is 5.06 Å². The summed E-state index contributed by atoms with van der Waals surface area (Å²) in [6.07, 6.45) is 2.45. The van der Waals surface area contributed by atoms with Gasteiger partial charge in [-0.25, -0.2) is 9.59 Å². The second-order valence-electron chi connectivity index (χ2n) is 7.06. The van der Waals surface area contributed by atoms with Crippen LogP contribution in [0.4, 0.5) is 0 Å². The number of methoxy groups -OCH3 is 2. The Morgan fingerprint density at radius 2 is 1.48 bits per heavy atom. The number of nitrogens with zero attached hydrogens (tertiary/aromatic N) is 1. The van der Waals surface area contributed by atoms with Gasteiger partial charge in [0.2, 0.25) is 0 Å². The maximum atomic E-state index is 12.9. The Morgan fingerprint density at radius 1 is 1.00 bits per heavy atom. The van der Waals surface area contributed by atoms with Crippen molar-refractivity contribution in [3.05, 3.63) is 35.9 Å². The van der Waals surface area contributed by atoms with Gasteiger partial charge in [0, 0.05) is 0 Å². The van der Waals surface area contributed by atoms with Crippen LogP contribution >= 0.6 is 0 Å². The Kier molecular flexibility index (Phi) is 7.00. The molecule has 27 heavy (non-hydrogen) atoms. The first-order chi connectivity index (χ1) is 12.9. The number of piperidine rings is 1. The van der Waals surface area contributed by atoms with E-state index in [4.69, 9.17) is 14.3 Å². The summed E-state index contributed by atoms with van der Waals surface area (Å²) in [5.74, 6) is -0.765. The van der Waals surface area contributed by atoms with Gasteiger partial charge in [-0.15, -0.1) is 0 Å². The molecule has 0 spiro atoms. The Morgan fingerprint density at radius 3 is 1.89 bits per heavy atom. The monoisotopic (exact) mass is 377 g/mol. The molecule has 1 saturated heterocycles. The van der Waals surface area contributed by atoms with Gasteiger partial charge in [-0.2, -0.15) is 5.06 Å². The summed E-state index contributed by atoms with van der Waals surface area (Å²) in [6.45, 7) is 5.76. The first kappa shape index (κ1) is 21.4. The Balaban J connectivity index is 2.54.